The number of hydrogen-bond acceptors (Lipinski definition) is 1. The zero-order valence-electron chi connectivity index (χ0n) is 27.3. The average Bonchev–Trinajstić information content (AvgIpc) is 3.97. The molecule has 0 amide bonds. The summed E-state index contributed by atoms with van der Waals surface area (Å²) in [7, 11) is 0. The molecular weight excluding hydrogens is 591 g/mol. The van der Waals surface area contributed by atoms with Crippen molar-refractivity contribution in [2.24, 2.45) is 0 Å². The van der Waals surface area contributed by atoms with Crippen LogP contribution in [0, 0.1) is 0 Å². The van der Waals surface area contributed by atoms with E-state index in [9.17, 15) is 0 Å². The number of anilines is 3. The van der Waals surface area contributed by atoms with Crippen molar-refractivity contribution in [2.75, 3.05) is 4.90 Å². The summed E-state index contributed by atoms with van der Waals surface area (Å²) < 4.78 is 0. The molecule has 0 N–H and O–H groups in total. The van der Waals surface area contributed by atoms with Crippen LogP contribution in [0.5, 0.6) is 0 Å². The molecule has 0 aliphatic heterocycles. The predicted molar refractivity (Wildman–Crippen MR) is 203 cm³/mol. The molecule has 0 radical (unpaired) electrons. The Morgan fingerprint density at radius 3 is 0.857 bits per heavy atom. The Balaban J connectivity index is 0.952. The van der Waals surface area contributed by atoms with Gasteiger partial charge in [-0.1, -0.05) is 91.0 Å². The van der Waals surface area contributed by atoms with Gasteiger partial charge in [0.25, 0.3) is 0 Å². The first kappa shape index (κ1) is 26.3. The largest absolute Gasteiger partial charge is 0.310 e. The minimum atomic E-state index is 1.02. The van der Waals surface area contributed by atoms with Crippen LogP contribution in [0.15, 0.2) is 127 Å². The van der Waals surface area contributed by atoms with E-state index in [-0.39, 0.29) is 0 Å². The van der Waals surface area contributed by atoms with E-state index >= 15 is 0 Å². The Hall–Kier alpha value is -5.66. The Morgan fingerprint density at radius 2 is 0.531 bits per heavy atom. The first-order valence-corrected chi connectivity index (χ1v) is 17.9. The summed E-state index contributed by atoms with van der Waals surface area (Å²) in [4.78, 5) is 2.53. The van der Waals surface area contributed by atoms with Gasteiger partial charge in [-0.05, 0) is 175 Å². The summed E-state index contributed by atoms with van der Waals surface area (Å²) in [5.74, 6) is 0. The SMILES string of the molecule is c1ccc2c(c1)CC1=C2Cc2cc(N(c3ccc4c(c3)CC3=C4Cc4ccccc43)c3ccc4c(c3)CC3=C4Cc4ccccc43)ccc21. The minimum Gasteiger partial charge on any atom is -0.310 e. The highest BCUT2D eigenvalue weighted by molar-refractivity contribution is 6.05. The van der Waals surface area contributed by atoms with Gasteiger partial charge in [0, 0.05) is 17.1 Å². The lowest BCUT2D eigenvalue weighted by Gasteiger charge is -2.28. The smallest absolute Gasteiger partial charge is 0.0464 e. The van der Waals surface area contributed by atoms with Crippen molar-refractivity contribution >= 4 is 50.5 Å². The van der Waals surface area contributed by atoms with Crippen LogP contribution >= 0.6 is 0 Å². The minimum absolute atomic E-state index is 1.02. The second-order valence-electron chi connectivity index (χ2n) is 14.8. The van der Waals surface area contributed by atoms with Crippen molar-refractivity contribution in [1.29, 1.82) is 0 Å². The molecule has 0 fully saturated rings. The van der Waals surface area contributed by atoms with E-state index in [1.807, 2.05) is 0 Å². The van der Waals surface area contributed by atoms with Gasteiger partial charge in [-0.15, -0.1) is 0 Å². The summed E-state index contributed by atoms with van der Waals surface area (Å²) in [6, 6.07) is 48.8. The van der Waals surface area contributed by atoms with Crippen LogP contribution in [-0.2, 0) is 38.5 Å². The second-order valence-corrected chi connectivity index (χ2v) is 14.8. The van der Waals surface area contributed by atoms with Gasteiger partial charge in [0.05, 0.1) is 0 Å². The van der Waals surface area contributed by atoms with Crippen LogP contribution in [0.2, 0.25) is 0 Å². The van der Waals surface area contributed by atoms with Crippen molar-refractivity contribution in [3.05, 3.63) is 194 Å². The topological polar surface area (TPSA) is 3.24 Å². The first-order chi connectivity index (χ1) is 24.2. The molecular formula is C48H33N. The third kappa shape index (κ3) is 3.60. The number of hydrogen-bond donors (Lipinski definition) is 0. The highest BCUT2D eigenvalue weighted by atomic mass is 15.1. The van der Waals surface area contributed by atoms with Crippen LogP contribution in [0.4, 0.5) is 17.1 Å². The standard InChI is InChI=1S/C48H33N/c1-4-10-37-28(7-1)22-43-40-16-13-34(19-31(40)25-46(37)43)49(35-14-17-41-32(20-35)26-47-38-11-5-2-8-29(38)23-44(41)47)36-15-18-42-33(21-36)27-48-39-12-6-3-9-30(39)24-45(42)48/h1-21H,22-27H2. The molecule has 0 atom stereocenters. The molecule has 230 valence electrons. The molecule has 6 aliphatic carbocycles. The highest BCUT2D eigenvalue weighted by Crippen LogP contribution is 2.52. The molecule has 49 heavy (non-hydrogen) atoms. The number of allylic oxidation sites excluding steroid dienone is 6. The Labute approximate surface area is 287 Å². The average molecular weight is 624 g/mol. The van der Waals surface area contributed by atoms with Gasteiger partial charge in [0.15, 0.2) is 0 Å². The number of rotatable bonds is 3. The van der Waals surface area contributed by atoms with Crippen molar-refractivity contribution in [2.45, 2.75) is 38.5 Å². The van der Waals surface area contributed by atoms with E-state index in [4.69, 9.17) is 0 Å². The number of benzene rings is 6. The maximum atomic E-state index is 2.53. The summed E-state index contributed by atoms with van der Waals surface area (Å²) in [5.41, 5.74) is 30.4. The summed E-state index contributed by atoms with van der Waals surface area (Å²) in [6.07, 6.45) is 6.22. The molecule has 6 aliphatic rings. The lowest BCUT2D eigenvalue weighted by molar-refractivity contribution is 1.20. The molecule has 0 saturated heterocycles. The Morgan fingerprint density at radius 1 is 0.265 bits per heavy atom. The van der Waals surface area contributed by atoms with E-state index in [0.29, 0.717) is 0 Å². The fourth-order valence-corrected chi connectivity index (χ4v) is 10.2. The third-order valence-corrected chi connectivity index (χ3v) is 12.3. The number of fused-ring (bicyclic) bond motifs is 12. The van der Waals surface area contributed by atoms with Gasteiger partial charge < -0.3 is 4.90 Å². The molecule has 0 saturated carbocycles. The van der Waals surface area contributed by atoms with Crippen molar-refractivity contribution in [3.63, 3.8) is 0 Å². The summed E-state index contributed by atoms with van der Waals surface area (Å²) >= 11 is 0. The van der Waals surface area contributed by atoms with Crippen molar-refractivity contribution < 1.29 is 0 Å². The van der Waals surface area contributed by atoms with Crippen LogP contribution < -0.4 is 4.90 Å². The summed E-state index contributed by atoms with van der Waals surface area (Å²) in [6.45, 7) is 0. The quantitative estimate of drug-likeness (QED) is 0.190. The summed E-state index contributed by atoms with van der Waals surface area (Å²) in [5, 5.41) is 0. The maximum absolute atomic E-state index is 2.53. The van der Waals surface area contributed by atoms with Crippen LogP contribution in [0.25, 0.3) is 33.4 Å². The van der Waals surface area contributed by atoms with E-state index in [1.54, 1.807) is 0 Å². The molecule has 0 aromatic heterocycles. The third-order valence-electron chi connectivity index (χ3n) is 12.3. The lowest BCUT2D eigenvalue weighted by Crippen LogP contribution is -2.12. The molecule has 1 heteroatoms. The van der Waals surface area contributed by atoms with Crippen molar-refractivity contribution in [3.8, 4) is 0 Å². The molecule has 12 rings (SSSR count). The molecule has 1 nitrogen and oxygen atoms in total. The predicted octanol–water partition coefficient (Wildman–Crippen LogP) is 11.2. The number of nitrogens with zero attached hydrogens (tertiary/aromatic N) is 1. The maximum Gasteiger partial charge on any atom is 0.0464 e. The van der Waals surface area contributed by atoms with E-state index in [2.05, 4.69) is 132 Å². The van der Waals surface area contributed by atoms with E-state index < -0.39 is 0 Å². The molecule has 0 heterocycles. The van der Waals surface area contributed by atoms with Gasteiger partial charge >= 0.3 is 0 Å². The zero-order chi connectivity index (χ0) is 31.8. The molecule has 6 aromatic carbocycles. The van der Waals surface area contributed by atoms with Crippen LogP contribution in [0.3, 0.4) is 0 Å². The molecule has 6 aromatic rings. The van der Waals surface area contributed by atoms with Gasteiger partial charge in [-0.25, -0.2) is 0 Å². The normalized spacial score (nSPS) is 16.7. The zero-order valence-corrected chi connectivity index (χ0v) is 27.3. The van der Waals surface area contributed by atoms with E-state index in [0.717, 1.165) is 38.5 Å². The van der Waals surface area contributed by atoms with Gasteiger partial charge in [-0.3, -0.25) is 0 Å². The van der Waals surface area contributed by atoms with E-state index in [1.165, 1.54) is 117 Å². The Kier molecular flexibility index (Phi) is 5.09. The fourth-order valence-electron chi connectivity index (χ4n) is 10.2. The molecule has 0 unspecified atom stereocenters. The first-order valence-electron chi connectivity index (χ1n) is 17.9. The molecule has 0 bridgehead atoms. The van der Waals surface area contributed by atoms with Gasteiger partial charge in [0.1, 0.15) is 0 Å². The van der Waals surface area contributed by atoms with Crippen molar-refractivity contribution in [1.82, 2.24) is 0 Å². The second kappa shape index (κ2) is 9.49. The van der Waals surface area contributed by atoms with Gasteiger partial charge in [-0.2, -0.15) is 0 Å². The highest BCUT2D eigenvalue weighted by Gasteiger charge is 2.33. The lowest BCUT2D eigenvalue weighted by atomic mass is 9.96. The monoisotopic (exact) mass is 623 g/mol. The van der Waals surface area contributed by atoms with Gasteiger partial charge in [0.2, 0.25) is 0 Å². The van der Waals surface area contributed by atoms with Crippen LogP contribution in [-0.4, -0.2) is 0 Å². The Bertz CT molecular complexity index is 2320. The molecule has 0 spiro atoms. The fraction of sp³-hybridized carbons (Fsp3) is 0.125. The van der Waals surface area contributed by atoms with Crippen LogP contribution in [0.1, 0.15) is 66.8 Å².